The van der Waals surface area contributed by atoms with Crippen LogP contribution in [-0.4, -0.2) is 24.8 Å². The molecule has 0 heterocycles. The van der Waals surface area contributed by atoms with Gasteiger partial charge in [0.15, 0.2) is 0 Å². The van der Waals surface area contributed by atoms with E-state index in [9.17, 15) is 22.4 Å². The number of nitriles is 1. The van der Waals surface area contributed by atoms with Crippen LogP contribution in [0.1, 0.15) is 11.5 Å². The summed E-state index contributed by atoms with van der Waals surface area (Å²) < 4.78 is 49.1. The molecule has 1 amide bonds. The quantitative estimate of drug-likeness (QED) is 0.838. The lowest BCUT2D eigenvalue weighted by molar-refractivity contribution is -0.136. The van der Waals surface area contributed by atoms with Gasteiger partial charge in [-0.2, -0.15) is 14.0 Å². The van der Waals surface area contributed by atoms with Crippen LogP contribution in [0.3, 0.4) is 0 Å². The number of carbonyl (C=O) groups excluding carboxylic acids is 1. The first-order valence-corrected chi connectivity index (χ1v) is 5.26. The number of hydrogen-bond donors (Lipinski definition) is 1. The average Bonchev–Trinajstić information content (AvgIpc) is 2.38. The molecule has 1 aromatic rings. The Morgan fingerprint density at radius 3 is 2.37 bits per heavy atom. The van der Waals surface area contributed by atoms with Crippen molar-refractivity contribution in [2.75, 3.05) is 6.54 Å². The van der Waals surface area contributed by atoms with Gasteiger partial charge in [-0.25, -0.2) is 8.78 Å². The van der Waals surface area contributed by atoms with Gasteiger partial charge in [0, 0.05) is 0 Å². The second-order valence-corrected chi connectivity index (χ2v) is 3.75. The minimum Gasteiger partial charge on any atom is -0.348 e. The molecule has 0 radical (unpaired) electrons. The molecule has 0 spiro atoms. The van der Waals surface area contributed by atoms with Gasteiger partial charge in [0.2, 0.25) is 5.91 Å². The Bertz CT molecular complexity index is 470. The van der Waals surface area contributed by atoms with Crippen LogP contribution in [0.4, 0.5) is 17.6 Å². The van der Waals surface area contributed by atoms with E-state index in [1.54, 1.807) is 29.6 Å². The molecule has 1 rings (SSSR count). The first-order chi connectivity index (χ1) is 8.88. The summed E-state index contributed by atoms with van der Waals surface area (Å²) in [5.74, 6) is -6.66. The van der Waals surface area contributed by atoms with Crippen molar-refractivity contribution in [2.24, 2.45) is 0 Å². The highest BCUT2D eigenvalue weighted by Crippen LogP contribution is 2.22. The third-order valence-electron chi connectivity index (χ3n) is 2.34. The number of rotatable bonds is 5. The summed E-state index contributed by atoms with van der Waals surface area (Å²) in [4.78, 5) is 11.5. The number of hydrogen-bond acceptors (Lipinski definition) is 2. The van der Waals surface area contributed by atoms with Gasteiger partial charge in [-0.1, -0.05) is 30.3 Å². The SMILES string of the molecule is N#CC(C(=O)NCC(F)(F)C(F)F)c1ccccc1. The number of nitrogens with zero attached hydrogens (tertiary/aromatic N) is 1. The van der Waals surface area contributed by atoms with E-state index in [-0.39, 0.29) is 0 Å². The summed E-state index contributed by atoms with van der Waals surface area (Å²) in [5, 5.41) is 10.5. The van der Waals surface area contributed by atoms with Crippen LogP contribution in [0.15, 0.2) is 30.3 Å². The van der Waals surface area contributed by atoms with Gasteiger partial charge in [0.25, 0.3) is 0 Å². The number of carbonyl (C=O) groups is 1. The molecule has 0 saturated carbocycles. The molecule has 1 atom stereocenters. The maximum Gasteiger partial charge on any atom is 0.324 e. The van der Waals surface area contributed by atoms with E-state index in [1.165, 1.54) is 12.1 Å². The monoisotopic (exact) mass is 274 g/mol. The van der Waals surface area contributed by atoms with Gasteiger partial charge in [0.05, 0.1) is 12.6 Å². The van der Waals surface area contributed by atoms with Crippen molar-refractivity contribution in [3.8, 4) is 6.07 Å². The zero-order chi connectivity index (χ0) is 14.5. The number of benzene rings is 1. The lowest BCUT2D eigenvalue weighted by Gasteiger charge is -2.17. The molecule has 1 aromatic carbocycles. The minimum absolute atomic E-state index is 0.308. The maximum absolute atomic E-state index is 12.6. The smallest absolute Gasteiger partial charge is 0.324 e. The van der Waals surface area contributed by atoms with E-state index in [0.29, 0.717) is 5.56 Å². The fourth-order valence-electron chi connectivity index (χ4n) is 1.31. The molecule has 7 heteroatoms. The first kappa shape index (κ1) is 15.0. The third kappa shape index (κ3) is 3.95. The molecule has 0 aliphatic carbocycles. The number of halogens is 4. The predicted octanol–water partition coefficient (Wildman–Crippen LogP) is 2.31. The Morgan fingerprint density at radius 2 is 1.89 bits per heavy atom. The topological polar surface area (TPSA) is 52.9 Å². The van der Waals surface area contributed by atoms with Crippen molar-refractivity contribution in [3.05, 3.63) is 35.9 Å². The summed E-state index contributed by atoms with van der Waals surface area (Å²) in [6, 6.07) is 9.37. The van der Waals surface area contributed by atoms with Crippen LogP contribution in [0.25, 0.3) is 0 Å². The molecule has 19 heavy (non-hydrogen) atoms. The van der Waals surface area contributed by atoms with E-state index in [0.717, 1.165) is 0 Å². The predicted molar refractivity (Wildman–Crippen MR) is 58.8 cm³/mol. The van der Waals surface area contributed by atoms with Crippen LogP contribution in [0, 0.1) is 11.3 Å². The molecule has 102 valence electrons. The van der Waals surface area contributed by atoms with Crippen molar-refractivity contribution >= 4 is 5.91 Å². The fourth-order valence-corrected chi connectivity index (χ4v) is 1.31. The van der Waals surface area contributed by atoms with Crippen LogP contribution < -0.4 is 5.32 Å². The molecule has 0 saturated heterocycles. The molecule has 1 unspecified atom stereocenters. The van der Waals surface area contributed by atoms with E-state index >= 15 is 0 Å². The van der Waals surface area contributed by atoms with Crippen molar-refractivity contribution in [3.63, 3.8) is 0 Å². The lowest BCUT2D eigenvalue weighted by Crippen LogP contribution is -2.42. The van der Waals surface area contributed by atoms with Gasteiger partial charge in [0.1, 0.15) is 5.92 Å². The Kier molecular flexibility index (Phi) is 4.87. The normalized spacial score (nSPS) is 12.8. The second-order valence-electron chi connectivity index (χ2n) is 3.75. The Balaban J connectivity index is 2.70. The van der Waals surface area contributed by atoms with Gasteiger partial charge in [-0.15, -0.1) is 0 Å². The average molecular weight is 274 g/mol. The van der Waals surface area contributed by atoms with Crippen LogP contribution in [0.2, 0.25) is 0 Å². The van der Waals surface area contributed by atoms with Crippen molar-refractivity contribution in [1.82, 2.24) is 5.32 Å². The van der Waals surface area contributed by atoms with E-state index in [4.69, 9.17) is 5.26 Å². The molecular weight excluding hydrogens is 264 g/mol. The number of alkyl halides is 4. The maximum atomic E-state index is 12.6. The van der Waals surface area contributed by atoms with Gasteiger partial charge >= 0.3 is 12.3 Å². The summed E-state index contributed by atoms with van der Waals surface area (Å²) >= 11 is 0. The molecule has 1 N–H and O–H groups in total. The molecule has 3 nitrogen and oxygen atoms in total. The lowest BCUT2D eigenvalue weighted by atomic mass is 10.00. The minimum atomic E-state index is -4.31. The fraction of sp³-hybridized carbons (Fsp3) is 0.333. The van der Waals surface area contributed by atoms with Gasteiger partial charge in [-0.3, -0.25) is 4.79 Å². The zero-order valence-corrected chi connectivity index (χ0v) is 9.62. The van der Waals surface area contributed by atoms with Crippen molar-refractivity contribution in [1.29, 1.82) is 5.26 Å². The Hall–Kier alpha value is -2.10. The van der Waals surface area contributed by atoms with Crippen LogP contribution in [-0.2, 0) is 4.79 Å². The molecule has 0 aliphatic rings. The van der Waals surface area contributed by atoms with E-state index in [1.807, 2.05) is 0 Å². The van der Waals surface area contributed by atoms with E-state index < -0.39 is 30.7 Å². The van der Waals surface area contributed by atoms with Crippen molar-refractivity contribution < 1.29 is 22.4 Å². The molecular formula is C12H10F4N2O. The number of nitrogens with one attached hydrogen (secondary N) is 1. The summed E-state index contributed by atoms with van der Waals surface area (Å²) in [5.41, 5.74) is 0.308. The highest BCUT2D eigenvalue weighted by atomic mass is 19.3. The van der Waals surface area contributed by atoms with Crippen LogP contribution >= 0.6 is 0 Å². The molecule has 0 aromatic heterocycles. The van der Waals surface area contributed by atoms with Crippen molar-refractivity contribution in [2.45, 2.75) is 18.3 Å². The highest BCUT2D eigenvalue weighted by molar-refractivity contribution is 5.86. The number of amides is 1. The third-order valence-corrected chi connectivity index (χ3v) is 2.34. The summed E-state index contributed by atoms with van der Waals surface area (Å²) in [6.07, 6.45) is -3.87. The summed E-state index contributed by atoms with van der Waals surface area (Å²) in [7, 11) is 0. The Morgan fingerprint density at radius 1 is 1.32 bits per heavy atom. The summed E-state index contributed by atoms with van der Waals surface area (Å²) in [6.45, 7) is -1.51. The first-order valence-electron chi connectivity index (χ1n) is 5.26. The van der Waals surface area contributed by atoms with E-state index in [2.05, 4.69) is 0 Å². The standard InChI is InChI=1S/C12H10F4N2O/c13-11(14)12(15,16)7-18-10(19)9(6-17)8-4-2-1-3-5-8/h1-5,9,11H,7H2,(H,18,19). The Labute approximate surface area is 106 Å². The van der Waals surface area contributed by atoms with Gasteiger partial charge in [-0.05, 0) is 5.56 Å². The zero-order valence-electron chi connectivity index (χ0n) is 9.62. The van der Waals surface area contributed by atoms with Gasteiger partial charge < -0.3 is 5.32 Å². The highest BCUT2D eigenvalue weighted by Gasteiger charge is 2.41. The molecule has 0 aliphatic heterocycles. The largest absolute Gasteiger partial charge is 0.348 e. The van der Waals surface area contributed by atoms with Crippen LogP contribution in [0.5, 0.6) is 0 Å². The molecule has 0 fully saturated rings. The second kappa shape index (κ2) is 6.18. The molecule has 0 bridgehead atoms.